The van der Waals surface area contributed by atoms with E-state index in [1.165, 1.54) is 17.4 Å². The minimum atomic E-state index is -1.00. The fourth-order valence-corrected chi connectivity index (χ4v) is 2.58. The number of carboxylic acids is 1. The number of aliphatic carboxylic acids is 1. The fraction of sp³-hybridized carbons (Fsp3) is 0.467. The molecule has 1 unspecified atom stereocenters. The number of hydrogen-bond acceptors (Lipinski definition) is 4. The molecule has 0 aliphatic carbocycles. The van der Waals surface area contributed by atoms with Gasteiger partial charge in [0, 0.05) is 36.0 Å². The van der Waals surface area contributed by atoms with E-state index in [-0.39, 0.29) is 11.9 Å². The van der Waals surface area contributed by atoms with Crippen LogP contribution in [-0.4, -0.2) is 48.2 Å². The maximum absolute atomic E-state index is 12.5. The molecule has 6 heteroatoms. The van der Waals surface area contributed by atoms with Gasteiger partial charge < -0.3 is 14.7 Å². The average molecular weight is 311 g/mol. The number of ether oxygens (including phenoxy) is 1. The van der Waals surface area contributed by atoms with Gasteiger partial charge in [0.1, 0.15) is 0 Å². The van der Waals surface area contributed by atoms with Crippen LogP contribution in [-0.2, 0) is 9.53 Å². The van der Waals surface area contributed by atoms with Crippen LogP contribution in [0.2, 0.25) is 0 Å². The van der Waals surface area contributed by atoms with Crippen molar-refractivity contribution in [2.24, 2.45) is 0 Å². The van der Waals surface area contributed by atoms with Gasteiger partial charge in [-0.2, -0.15) is 0 Å². The number of thiophene rings is 1. The smallest absolute Gasteiger partial charge is 0.328 e. The van der Waals surface area contributed by atoms with Crippen molar-refractivity contribution in [1.82, 2.24) is 4.90 Å². The zero-order chi connectivity index (χ0) is 15.8. The lowest BCUT2D eigenvalue weighted by Gasteiger charge is -2.28. The Hall–Kier alpha value is -1.66. The van der Waals surface area contributed by atoms with Gasteiger partial charge in [-0.1, -0.05) is 6.92 Å². The van der Waals surface area contributed by atoms with Gasteiger partial charge in [-0.15, -0.1) is 11.3 Å². The van der Waals surface area contributed by atoms with Crippen molar-refractivity contribution < 1.29 is 19.4 Å². The van der Waals surface area contributed by atoms with Crippen LogP contribution < -0.4 is 0 Å². The number of rotatable bonds is 8. The van der Waals surface area contributed by atoms with Crippen LogP contribution in [0.3, 0.4) is 0 Å². The highest BCUT2D eigenvalue weighted by molar-refractivity contribution is 7.11. The van der Waals surface area contributed by atoms with E-state index in [0.717, 1.165) is 17.4 Å². The topological polar surface area (TPSA) is 66.8 Å². The van der Waals surface area contributed by atoms with Crippen LogP contribution in [0.1, 0.15) is 35.5 Å². The monoisotopic (exact) mass is 311 g/mol. The van der Waals surface area contributed by atoms with E-state index in [0.29, 0.717) is 18.7 Å². The van der Waals surface area contributed by atoms with Crippen LogP contribution in [0.15, 0.2) is 17.5 Å². The second-order valence-corrected chi connectivity index (χ2v) is 5.60. The highest BCUT2D eigenvalue weighted by atomic mass is 32.1. The molecule has 1 aromatic rings. The first-order valence-electron chi connectivity index (χ1n) is 6.79. The first-order valence-corrected chi connectivity index (χ1v) is 7.67. The quantitative estimate of drug-likeness (QED) is 0.750. The molecule has 0 spiro atoms. The van der Waals surface area contributed by atoms with Crippen molar-refractivity contribution >= 4 is 29.3 Å². The van der Waals surface area contributed by atoms with Gasteiger partial charge in [0.25, 0.3) is 5.91 Å². The van der Waals surface area contributed by atoms with Gasteiger partial charge in [-0.25, -0.2) is 4.79 Å². The van der Waals surface area contributed by atoms with E-state index in [1.807, 2.05) is 13.8 Å². The van der Waals surface area contributed by atoms with Gasteiger partial charge in [0.05, 0.1) is 12.2 Å². The van der Waals surface area contributed by atoms with Crippen LogP contribution in [0.5, 0.6) is 0 Å². The third-order valence-electron chi connectivity index (χ3n) is 3.18. The number of carbonyl (C=O) groups excluding carboxylic acids is 1. The Bertz CT molecular complexity index is 510. The largest absolute Gasteiger partial charge is 0.478 e. The maximum Gasteiger partial charge on any atom is 0.328 e. The molecular formula is C15H21NO4S. The Morgan fingerprint density at radius 1 is 1.52 bits per heavy atom. The zero-order valence-electron chi connectivity index (χ0n) is 12.5. The third-order valence-corrected chi connectivity index (χ3v) is 4.07. The number of carbonyl (C=O) groups is 2. The second kappa shape index (κ2) is 8.59. The molecule has 0 radical (unpaired) electrons. The first kappa shape index (κ1) is 17.4. The van der Waals surface area contributed by atoms with Gasteiger partial charge in [0.15, 0.2) is 0 Å². The van der Waals surface area contributed by atoms with E-state index in [4.69, 9.17) is 9.84 Å². The molecular weight excluding hydrogens is 290 g/mol. The van der Waals surface area contributed by atoms with Crippen molar-refractivity contribution in [1.29, 1.82) is 0 Å². The molecule has 0 bridgehead atoms. The van der Waals surface area contributed by atoms with E-state index >= 15 is 0 Å². The SMILES string of the molecule is CCC(C)N(CCOC)C(=O)c1csc(C=CC(=O)O)c1. The summed E-state index contributed by atoms with van der Waals surface area (Å²) in [6, 6.07) is 1.85. The normalized spacial score (nSPS) is 12.5. The summed E-state index contributed by atoms with van der Waals surface area (Å²) < 4.78 is 5.06. The molecule has 0 aromatic carbocycles. The third kappa shape index (κ3) is 5.32. The molecule has 5 nitrogen and oxygen atoms in total. The Labute approximate surface area is 128 Å². The molecule has 1 N–H and O–H groups in total. The molecule has 116 valence electrons. The van der Waals surface area contributed by atoms with Gasteiger partial charge in [-0.05, 0) is 25.5 Å². The lowest BCUT2D eigenvalue weighted by molar-refractivity contribution is -0.131. The lowest BCUT2D eigenvalue weighted by atomic mass is 10.2. The Morgan fingerprint density at radius 3 is 2.81 bits per heavy atom. The summed E-state index contributed by atoms with van der Waals surface area (Å²) in [7, 11) is 1.61. The second-order valence-electron chi connectivity index (χ2n) is 4.66. The molecule has 1 heterocycles. The van der Waals surface area contributed by atoms with Crippen LogP contribution in [0, 0.1) is 0 Å². The Kier molecular flexibility index (Phi) is 7.11. The van der Waals surface area contributed by atoms with Crippen molar-refractivity contribution in [2.75, 3.05) is 20.3 Å². The number of amides is 1. The minimum absolute atomic E-state index is 0.0485. The minimum Gasteiger partial charge on any atom is -0.478 e. The summed E-state index contributed by atoms with van der Waals surface area (Å²) in [5.41, 5.74) is 0.585. The van der Waals surface area contributed by atoms with Crippen molar-refractivity contribution in [2.45, 2.75) is 26.3 Å². The van der Waals surface area contributed by atoms with Gasteiger partial charge >= 0.3 is 5.97 Å². The van der Waals surface area contributed by atoms with Crippen LogP contribution >= 0.6 is 11.3 Å². The van der Waals surface area contributed by atoms with Gasteiger partial charge in [-0.3, -0.25) is 4.79 Å². The molecule has 0 fully saturated rings. The molecule has 0 saturated heterocycles. The van der Waals surface area contributed by atoms with E-state index in [9.17, 15) is 9.59 Å². The zero-order valence-corrected chi connectivity index (χ0v) is 13.4. The molecule has 0 aliphatic heterocycles. The summed E-state index contributed by atoms with van der Waals surface area (Å²) in [5.74, 6) is -1.05. The van der Waals surface area contributed by atoms with Gasteiger partial charge in [0.2, 0.25) is 0 Å². The van der Waals surface area contributed by atoms with E-state index < -0.39 is 5.97 Å². The molecule has 1 aromatic heterocycles. The first-order chi connectivity index (χ1) is 9.99. The average Bonchev–Trinajstić information content (AvgIpc) is 2.93. The Balaban J connectivity index is 2.85. The summed E-state index contributed by atoms with van der Waals surface area (Å²) in [5, 5.41) is 10.4. The molecule has 0 aliphatic rings. The summed E-state index contributed by atoms with van der Waals surface area (Å²) >= 11 is 1.35. The van der Waals surface area contributed by atoms with Crippen molar-refractivity contribution in [3.63, 3.8) is 0 Å². The summed E-state index contributed by atoms with van der Waals surface area (Å²) in [6.45, 7) is 5.07. The molecule has 1 amide bonds. The van der Waals surface area contributed by atoms with Crippen molar-refractivity contribution in [3.05, 3.63) is 28.0 Å². The predicted molar refractivity (Wildman–Crippen MR) is 83.7 cm³/mol. The lowest BCUT2D eigenvalue weighted by Crippen LogP contribution is -2.40. The molecule has 1 rings (SSSR count). The summed E-state index contributed by atoms with van der Waals surface area (Å²) in [4.78, 5) is 25.6. The standard InChI is InChI=1S/C15H21NO4S/c1-4-11(2)16(7-8-20-3)15(19)12-9-13(21-10-12)5-6-14(17)18/h5-6,9-11H,4,7-8H2,1-3H3,(H,17,18). The van der Waals surface area contributed by atoms with E-state index in [2.05, 4.69) is 0 Å². The highest BCUT2D eigenvalue weighted by Crippen LogP contribution is 2.19. The summed E-state index contributed by atoms with van der Waals surface area (Å²) in [6.07, 6.45) is 3.43. The number of carboxylic acid groups (broad SMARTS) is 1. The number of hydrogen-bond donors (Lipinski definition) is 1. The predicted octanol–water partition coefficient (Wildman–Crippen LogP) is 2.73. The molecule has 21 heavy (non-hydrogen) atoms. The number of methoxy groups -OCH3 is 1. The maximum atomic E-state index is 12.5. The molecule has 0 saturated carbocycles. The number of nitrogens with zero attached hydrogens (tertiary/aromatic N) is 1. The highest BCUT2D eigenvalue weighted by Gasteiger charge is 2.21. The van der Waals surface area contributed by atoms with E-state index in [1.54, 1.807) is 23.5 Å². The van der Waals surface area contributed by atoms with Crippen molar-refractivity contribution in [3.8, 4) is 0 Å². The molecule has 1 atom stereocenters. The van der Waals surface area contributed by atoms with Crippen LogP contribution in [0.4, 0.5) is 0 Å². The fourth-order valence-electron chi connectivity index (χ4n) is 1.80. The Morgan fingerprint density at radius 2 is 2.24 bits per heavy atom. The van der Waals surface area contributed by atoms with Crippen LogP contribution in [0.25, 0.3) is 6.08 Å².